The fourth-order valence-electron chi connectivity index (χ4n) is 3.62. The first-order chi connectivity index (χ1) is 9.72. The first-order valence-corrected chi connectivity index (χ1v) is 7.57. The zero-order valence-electron chi connectivity index (χ0n) is 12.3. The molecule has 1 aromatic carbocycles. The molecule has 0 bridgehead atoms. The lowest BCUT2D eigenvalue weighted by molar-refractivity contribution is 0.194. The lowest BCUT2D eigenvalue weighted by Gasteiger charge is -2.45. The first-order valence-electron chi connectivity index (χ1n) is 7.57. The van der Waals surface area contributed by atoms with Crippen LogP contribution in [0.4, 0.5) is 10.1 Å². The number of rotatable bonds is 3. The summed E-state index contributed by atoms with van der Waals surface area (Å²) in [6.45, 7) is 5.60. The predicted octanol–water partition coefficient (Wildman–Crippen LogP) is 2.90. The molecule has 0 spiro atoms. The number of fused-ring (bicyclic) bond motifs is 1. The van der Waals surface area contributed by atoms with Crippen LogP contribution in [0.1, 0.15) is 26.2 Å². The van der Waals surface area contributed by atoms with E-state index in [4.69, 9.17) is 4.74 Å². The third-order valence-corrected chi connectivity index (χ3v) is 4.71. The molecule has 2 aliphatic heterocycles. The van der Waals surface area contributed by atoms with Crippen molar-refractivity contribution < 1.29 is 9.13 Å². The van der Waals surface area contributed by atoms with Crippen LogP contribution < -0.4 is 9.64 Å². The van der Waals surface area contributed by atoms with Crippen molar-refractivity contribution in [3.05, 3.63) is 24.0 Å². The summed E-state index contributed by atoms with van der Waals surface area (Å²) in [5.74, 6) is 0.410. The predicted molar refractivity (Wildman–Crippen MR) is 79.0 cm³/mol. The molecule has 110 valence electrons. The van der Waals surface area contributed by atoms with Crippen molar-refractivity contribution in [1.29, 1.82) is 0 Å². The Labute approximate surface area is 120 Å². The van der Waals surface area contributed by atoms with Crippen molar-refractivity contribution in [2.45, 2.75) is 38.3 Å². The zero-order chi connectivity index (χ0) is 14.1. The van der Waals surface area contributed by atoms with E-state index in [0.29, 0.717) is 17.8 Å². The Hall–Kier alpha value is -1.29. The van der Waals surface area contributed by atoms with E-state index >= 15 is 0 Å². The topological polar surface area (TPSA) is 15.7 Å². The molecule has 3 nitrogen and oxygen atoms in total. The molecule has 3 rings (SSSR count). The molecule has 0 amide bonds. The highest BCUT2D eigenvalue weighted by Gasteiger charge is 2.36. The lowest BCUT2D eigenvalue weighted by atomic mass is 10.0. The molecule has 0 saturated carbocycles. The lowest BCUT2D eigenvalue weighted by Crippen LogP contribution is -2.56. The molecular weight excluding hydrogens is 255 g/mol. The van der Waals surface area contributed by atoms with Crippen LogP contribution >= 0.6 is 0 Å². The second kappa shape index (κ2) is 5.60. The molecule has 4 heteroatoms. The molecule has 20 heavy (non-hydrogen) atoms. The SMILES string of the molecule is CCC1CN2CCCC2CN1c1ccc(F)cc1OC. The van der Waals surface area contributed by atoms with E-state index in [0.717, 1.165) is 25.2 Å². The minimum atomic E-state index is -0.238. The molecule has 2 aliphatic rings. The smallest absolute Gasteiger partial charge is 0.145 e. The molecule has 1 aromatic rings. The van der Waals surface area contributed by atoms with Gasteiger partial charge in [0.15, 0.2) is 0 Å². The van der Waals surface area contributed by atoms with Gasteiger partial charge < -0.3 is 9.64 Å². The van der Waals surface area contributed by atoms with Crippen LogP contribution in [0.5, 0.6) is 5.75 Å². The van der Waals surface area contributed by atoms with Gasteiger partial charge in [-0.2, -0.15) is 0 Å². The average molecular weight is 278 g/mol. The Bertz CT molecular complexity index is 480. The van der Waals surface area contributed by atoms with Crippen LogP contribution in [-0.4, -0.2) is 43.7 Å². The number of ether oxygens (including phenoxy) is 1. The van der Waals surface area contributed by atoms with Crippen LogP contribution in [0.3, 0.4) is 0 Å². The number of hydrogen-bond acceptors (Lipinski definition) is 3. The molecule has 0 aliphatic carbocycles. The summed E-state index contributed by atoms with van der Waals surface area (Å²) in [6.07, 6.45) is 3.68. The molecule has 0 radical (unpaired) electrons. The summed E-state index contributed by atoms with van der Waals surface area (Å²) in [5, 5.41) is 0. The molecule has 2 saturated heterocycles. The van der Waals surface area contributed by atoms with Crippen molar-refractivity contribution in [3.8, 4) is 5.75 Å². The van der Waals surface area contributed by atoms with Crippen molar-refractivity contribution in [2.24, 2.45) is 0 Å². The molecule has 2 fully saturated rings. The van der Waals surface area contributed by atoms with E-state index in [9.17, 15) is 4.39 Å². The van der Waals surface area contributed by atoms with Gasteiger partial charge in [-0.25, -0.2) is 4.39 Å². The quantitative estimate of drug-likeness (QED) is 0.845. The summed E-state index contributed by atoms with van der Waals surface area (Å²) >= 11 is 0. The first kappa shape index (κ1) is 13.7. The number of piperazine rings is 1. The summed E-state index contributed by atoms with van der Waals surface area (Å²) in [7, 11) is 1.62. The monoisotopic (exact) mass is 278 g/mol. The molecule has 0 aromatic heterocycles. The van der Waals surface area contributed by atoms with Crippen LogP contribution in [0.2, 0.25) is 0 Å². The number of halogens is 1. The number of hydrogen-bond donors (Lipinski definition) is 0. The summed E-state index contributed by atoms with van der Waals surface area (Å²) in [5.41, 5.74) is 1.03. The normalized spacial score (nSPS) is 26.6. The minimum absolute atomic E-state index is 0.238. The van der Waals surface area contributed by atoms with Crippen LogP contribution in [0, 0.1) is 5.82 Å². The number of benzene rings is 1. The standard InChI is InChI=1S/C16H23FN2O/c1-3-13-10-18-8-4-5-14(18)11-19(13)15-7-6-12(17)9-16(15)20-2/h6-7,9,13-14H,3-5,8,10-11H2,1-2H3. The van der Waals surface area contributed by atoms with Crippen LogP contribution in [-0.2, 0) is 0 Å². The molecule has 0 N–H and O–H groups in total. The van der Waals surface area contributed by atoms with Gasteiger partial charge in [0.05, 0.1) is 12.8 Å². The van der Waals surface area contributed by atoms with Crippen molar-refractivity contribution in [3.63, 3.8) is 0 Å². The summed E-state index contributed by atoms with van der Waals surface area (Å²) in [6, 6.07) is 6.02. The Morgan fingerprint density at radius 2 is 2.20 bits per heavy atom. The number of anilines is 1. The van der Waals surface area contributed by atoms with Gasteiger partial charge >= 0.3 is 0 Å². The Balaban J connectivity index is 1.90. The van der Waals surface area contributed by atoms with Gasteiger partial charge in [-0.3, -0.25) is 4.90 Å². The second-order valence-electron chi connectivity index (χ2n) is 5.82. The summed E-state index contributed by atoms with van der Waals surface area (Å²) in [4.78, 5) is 5.03. The highest BCUT2D eigenvalue weighted by Crippen LogP contribution is 2.35. The fourth-order valence-corrected chi connectivity index (χ4v) is 3.62. The van der Waals surface area contributed by atoms with Gasteiger partial charge in [-0.15, -0.1) is 0 Å². The van der Waals surface area contributed by atoms with Gasteiger partial charge in [0.1, 0.15) is 11.6 Å². The maximum atomic E-state index is 13.4. The van der Waals surface area contributed by atoms with E-state index in [2.05, 4.69) is 16.7 Å². The van der Waals surface area contributed by atoms with Crippen molar-refractivity contribution in [2.75, 3.05) is 31.6 Å². The minimum Gasteiger partial charge on any atom is -0.494 e. The van der Waals surface area contributed by atoms with E-state index < -0.39 is 0 Å². The molecule has 2 unspecified atom stereocenters. The third kappa shape index (κ3) is 2.37. The summed E-state index contributed by atoms with van der Waals surface area (Å²) < 4.78 is 18.8. The molecular formula is C16H23FN2O. The largest absolute Gasteiger partial charge is 0.494 e. The average Bonchev–Trinajstić information content (AvgIpc) is 2.92. The zero-order valence-corrected chi connectivity index (χ0v) is 12.3. The van der Waals surface area contributed by atoms with Crippen molar-refractivity contribution >= 4 is 5.69 Å². The maximum Gasteiger partial charge on any atom is 0.145 e. The third-order valence-electron chi connectivity index (χ3n) is 4.71. The number of nitrogens with zero attached hydrogens (tertiary/aromatic N) is 2. The number of methoxy groups -OCH3 is 1. The van der Waals surface area contributed by atoms with Crippen LogP contribution in [0.25, 0.3) is 0 Å². The fraction of sp³-hybridized carbons (Fsp3) is 0.625. The van der Waals surface area contributed by atoms with E-state index in [1.165, 1.54) is 31.5 Å². The molecule has 2 heterocycles. The second-order valence-corrected chi connectivity index (χ2v) is 5.82. The maximum absolute atomic E-state index is 13.4. The van der Waals surface area contributed by atoms with E-state index in [1.807, 2.05) is 6.07 Å². The van der Waals surface area contributed by atoms with Gasteiger partial charge in [-0.05, 0) is 37.9 Å². The Morgan fingerprint density at radius 3 is 2.95 bits per heavy atom. The van der Waals surface area contributed by atoms with E-state index in [-0.39, 0.29) is 5.82 Å². The Morgan fingerprint density at radius 1 is 1.35 bits per heavy atom. The Kier molecular flexibility index (Phi) is 3.83. The van der Waals surface area contributed by atoms with Gasteiger partial charge in [0.2, 0.25) is 0 Å². The van der Waals surface area contributed by atoms with Gasteiger partial charge in [0, 0.05) is 31.2 Å². The molecule has 2 atom stereocenters. The van der Waals surface area contributed by atoms with Crippen LogP contribution in [0.15, 0.2) is 18.2 Å². The van der Waals surface area contributed by atoms with Gasteiger partial charge in [-0.1, -0.05) is 6.92 Å². The highest BCUT2D eigenvalue weighted by molar-refractivity contribution is 5.60. The highest BCUT2D eigenvalue weighted by atomic mass is 19.1. The van der Waals surface area contributed by atoms with E-state index in [1.54, 1.807) is 7.11 Å². The van der Waals surface area contributed by atoms with Crippen molar-refractivity contribution in [1.82, 2.24) is 4.90 Å². The van der Waals surface area contributed by atoms with Gasteiger partial charge in [0.25, 0.3) is 0 Å².